The maximum Gasteiger partial charge on any atom is 0.282 e. The van der Waals surface area contributed by atoms with E-state index in [0.717, 1.165) is 17.0 Å². The Balaban J connectivity index is 1.91. The van der Waals surface area contributed by atoms with Gasteiger partial charge in [-0.25, -0.2) is 0 Å². The van der Waals surface area contributed by atoms with Gasteiger partial charge in [0.05, 0.1) is 0 Å². The molecule has 2 rings (SSSR count). The Morgan fingerprint density at radius 3 is 2.56 bits per heavy atom. The SMILES string of the molecule is CC1CC(C)(C)N1C(=O)SCc1ccc(Cl)cc1. The summed E-state index contributed by atoms with van der Waals surface area (Å²) >= 11 is 7.20. The number of likely N-dealkylation sites (tertiary alicyclic amines) is 1. The number of halogens is 1. The van der Waals surface area contributed by atoms with Crippen molar-refractivity contribution in [1.82, 2.24) is 4.90 Å². The Labute approximate surface area is 118 Å². The highest BCUT2D eigenvalue weighted by Gasteiger charge is 2.45. The molecule has 0 spiro atoms. The van der Waals surface area contributed by atoms with E-state index in [1.807, 2.05) is 29.2 Å². The number of hydrogen-bond acceptors (Lipinski definition) is 2. The second-order valence-electron chi connectivity index (χ2n) is 5.42. The minimum atomic E-state index is 0.0174. The summed E-state index contributed by atoms with van der Waals surface area (Å²) in [5, 5.41) is 0.904. The molecule has 0 bridgehead atoms. The van der Waals surface area contributed by atoms with Crippen LogP contribution in [0.1, 0.15) is 32.8 Å². The van der Waals surface area contributed by atoms with Crippen LogP contribution in [0.2, 0.25) is 5.02 Å². The second kappa shape index (κ2) is 5.14. The summed E-state index contributed by atoms with van der Waals surface area (Å²) in [6.07, 6.45) is 1.08. The van der Waals surface area contributed by atoms with Crippen LogP contribution in [0.15, 0.2) is 24.3 Å². The highest BCUT2D eigenvalue weighted by molar-refractivity contribution is 8.12. The van der Waals surface area contributed by atoms with Crippen molar-refractivity contribution in [2.45, 2.75) is 44.5 Å². The molecule has 2 nitrogen and oxygen atoms in total. The number of nitrogens with zero attached hydrogens (tertiary/aromatic N) is 1. The zero-order valence-electron chi connectivity index (χ0n) is 10.9. The van der Waals surface area contributed by atoms with Crippen molar-refractivity contribution in [3.8, 4) is 0 Å². The lowest BCUT2D eigenvalue weighted by atomic mass is 9.83. The van der Waals surface area contributed by atoms with Crippen LogP contribution in [0.25, 0.3) is 0 Å². The third-order valence-corrected chi connectivity index (χ3v) is 4.53. The van der Waals surface area contributed by atoms with E-state index in [1.54, 1.807) is 0 Å². The maximum atomic E-state index is 12.2. The van der Waals surface area contributed by atoms with Gasteiger partial charge in [-0.15, -0.1) is 0 Å². The lowest BCUT2D eigenvalue weighted by molar-refractivity contribution is 0.0135. The molecule has 1 heterocycles. The molecule has 18 heavy (non-hydrogen) atoms. The minimum absolute atomic E-state index is 0.0174. The topological polar surface area (TPSA) is 20.3 Å². The second-order valence-corrected chi connectivity index (χ2v) is 6.78. The average molecular weight is 284 g/mol. The van der Waals surface area contributed by atoms with Crippen molar-refractivity contribution in [1.29, 1.82) is 0 Å². The molecule has 1 aromatic carbocycles. The van der Waals surface area contributed by atoms with Gasteiger partial charge in [0.1, 0.15) is 0 Å². The number of thioether (sulfide) groups is 1. The first-order valence-corrected chi connectivity index (χ1v) is 7.47. The summed E-state index contributed by atoms with van der Waals surface area (Å²) in [5.74, 6) is 0.704. The molecule has 98 valence electrons. The Morgan fingerprint density at radius 2 is 2.06 bits per heavy atom. The van der Waals surface area contributed by atoms with E-state index >= 15 is 0 Å². The predicted octanol–water partition coefficient (Wildman–Crippen LogP) is 4.57. The molecule has 0 N–H and O–H groups in total. The highest BCUT2D eigenvalue weighted by Crippen LogP contribution is 2.38. The molecule has 1 fully saturated rings. The van der Waals surface area contributed by atoms with Gasteiger partial charge in [-0.2, -0.15) is 0 Å². The Bertz CT molecular complexity index is 444. The summed E-state index contributed by atoms with van der Waals surface area (Å²) in [6.45, 7) is 6.34. The molecule has 1 aromatic rings. The zero-order chi connectivity index (χ0) is 13.3. The average Bonchev–Trinajstić information content (AvgIpc) is 2.27. The molecule has 1 saturated heterocycles. The first-order valence-electron chi connectivity index (χ1n) is 6.11. The molecule has 0 aliphatic carbocycles. The summed E-state index contributed by atoms with van der Waals surface area (Å²) < 4.78 is 0. The third kappa shape index (κ3) is 2.83. The summed E-state index contributed by atoms with van der Waals surface area (Å²) in [5.41, 5.74) is 1.15. The smallest absolute Gasteiger partial charge is 0.282 e. The number of carbonyl (C=O) groups excluding carboxylic acids is 1. The lowest BCUT2D eigenvalue weighted by Crippen LogP contribution is -2.62. The van der Waals surface area contributed by atoms with Crippen molar-refractivity contribution < 1.29 is 4.79 Å². The quantitative estimate of drug-likeness (QED) is 0.793. The number of hydrogen-bond donors (Lipinski definition) is 0. The van der Waals surface area contributed by atoms with Gasteiger partial charge in [-0.1, -0.05) is 35.5 Å². The van der Waals surface area contributed by atoms with Crippen LogP contribution in [0.4, 0.5) is 4.79 Å². The summed E-state index contributed by atoms with van der Waals surface area (Å²) in [6, 6.07) is 8.02. The number of rotatable bonds is 2. The van der Waals surface area contributed by atoms with Crippen molar-refractivity contribution in [3.05, 3.63) is 34.9 Å². The monoisotopic (exact) mass is 283 g/mol. The van der Waals surface area contributed by atoms with E-state index in [9.17, 15) is 4.79 Å². The van der Waals surface area contributed by atoms with E-state index in [1.165, 1.54) is 11.8 Å². The summed E-state index contributed by atoms with van der Waals surface area (Å²) in [4.78, 5) is 14.1. The van der Waals surface area contributed by atoms with E-state index in [4.69, 9.17) is 11.6 Å². The Kier molecular flexibility index (Phi) is 3.93. The first kappa shape index (κ1) is 13.8. The van der Waals surface area contributed by atoms with Gasteiger partial charge in [0.2, 0.25) is 0 Å². The fourth-order valence-electron chi connectivity index (χ4n) is 2.62. The van der Waals surface area contributed by atoms with Gasteiger partial charge >= 0.3 is 0 Å². The molecule has 0 aromatic heterocycles. The van der Waals surface area contributed by atoms with E-state index in [2.05, 4.69) is 20.8 Å². The Morgan fingerprint density at radius 1 is 1.44 bits per heavy atom. The van der Waals surface area contributed by atoms with Crippen molar-refractivity contribution in [3.63, 3.8) is 0 Å². The van der Waals surface area contributed by atoms with Crippen LogP contribution in [0.5, 0.6) is 0 Å². The molecule has 1 aliphatic rings. The Hall–Kier alpha value is -0.670. The number of carbonyl (C=O) groups is 1. The number of amides is 1. The molecule has 1 unspecified atom stereocenters. The first-order chi connectivity index (χ1) is 8.40. The van der Waals surface area contributed by atoms with Crippen molar-refractivity contribution >= 4 is 28.6 Å². The lowest BCUT2D eigenvalue weighted by Gasteiger charge is -2.53. The van der Waals surface area contributed by atoms with Gasteiger partial charge in [0.15, 0.2) is 0 Å². The molecule has 1 amide bonds. The third-order valence-electron chi connectivity index (χ3n) is 3.36. The molecule has 0 radical (unpaired) electrons. The molecule has 4 heteroatoms. The number of benzene rings is 1. The standard InChI is InChI=1S/C14H18ClNOS/c1-10-8-14(2,3)16(10)13(17)18-9-11-4-6-12(15)7-5-11/h4-7,10H,8-9H2,1-3H3. The van der Waals surface area contributed by atoms with Crippen LogP contribution < -0.4 is 0 Å². The van der Waals surface area contributed by atoms with E-state index in [0.29, 0.717) is 11.8 Å². The fraction of sp³-hybridized carbons (Fsp3) is 0.500. The molecular formula is C14H18ClNOS. The summed E-state index contributed by atoms with van der Waals surface area (Å²) in [7, 11) is 0. The molecule has 0 saturated carbocycles. The molecule has 1 aliphatic heterocycles. The van der Waals surface area contributed by atoms with Crippen LogP contribution in [0.3, 0.4) is 0 Å². The van der Waals surface area contributed by atoms with Gasteiger partial charge in [0, 0.05) is 22.4 Å². The van der Waals surface area contributed by atoms with Gasteiger partial charge < -0.3 is 4.90 Å². The largest absolute Gasteiger partial charge is 0.326 e. The fourth-order valence-corrected chi connectivity index (χ4v) is 3.79. The van der Waals surface area contributed by atoms with Crippen LogP contribution in [-0.4, -0.2) is 21.7 Å². The van der Waals surface area contributed by atoms with Crippen molar-refractivity contribution in [2.24, 2.45) is 0 Å². The molecule has 1 atom stereocenters. The highest BCUT2D eigenvalue weighted by atomic mass is 35.5. The van der Waals surface area contributed by atoms with Gasteiger partial charge in [0.25, 0.3) is 5.24 Å². The zero-order valence-corrected chi connectivity index (χ0v) is 12.5. The van der Waals surface area contributed by atoms with E-state index < -0.39 is 0 Å². The van der Waals surface area contributed by atoms with Crippen LogP contribution in [0, 0.1) is 0 Å². The van der Waals surface area contributed by atoms with Gasteiger partial charge in [-0.05, 0) is 44.9 Å². The minimum Gasteiger partial charge on any atom is -0.326 e. The normalized spacial score (nSPS) is 21.6. The predicted molar refractivity (Wildman–Crippen MR) is 78.1 cm³/mol. The molecular weight excluding hydrogens is 266 g/mol. The van der Waals surface area contributed by atoms with Crippen LogP contribution >= 0.6 is 23.4 Å². The van der Waals surface area contributed by atoms with Crippen LogP contribution in [-0.2, 0) is 5.75 Å². The van der Waals surface area contributed by atoms with Gasteiger partial charge in [-0.3, -0.25) is 4.79 Å². The van der Waals surface area contributed by atoms with E-state index in [-0.39, 0.29) is 10.8 Å². The van der Waals surface area contributed by atoms with Crippen molar-refractivity contribution in [2.75, 3.05) is 0 Å². The maximum absolute atomic E-state index is 12.2.